The third-order valence-corrected chi connectivity index (χ3v) is 4.61. The smallest absolute Gasteiger partial charge is 0.125 e. The van der Waals surface area contributed by atoms with Crippen molar-refractivity contribution in [3.8, 4) is 17.2 Å². The van der Waals surface area contributed by atoms with Gasteiger partial charge in [-0.25, -0.2) is 0 Å². The largest absolute Gasteiger partial charge is 0.493 e. The van der Waals surface area contributed by atoms with Gasteiger partial charge in [-0.05, 0) is 70.0 Å². The van der Waals surface area contributed by atoms with Crippen LogP contribution in [0.3, 0.4) is 0 Å². The summed E-state index contributed by atoms with van der Waals surface area (Å²) < 4.78 is 17.9. The molecule has 0 saturated carbocycles. The molecule has 2 aromatic carbocycles. The summed E-state index contributed by atoms with van der Waals surface area (Å²) in [5, 5.41) is 3.96. The van der Waals surface area contributed by atoms with Crippen molar-refractivity contribution in [2.24, 2.45) is 5.16 Å². The summed E-state index contributed by atoms with van der Waals surface area (Å²) in [5.41, 5.74) is 3.92. The molecule has 0 spiro atoms. The Bertz CT molecular complexity index is 850. The Morgan fingerprint density at radius 3 is 2.47 bits per heavy atom. The van der Waals surface area contributed by atoms with Crippen LogP contribution in [0.5, 0.6) is 17.2 Å². The van der Waals surface area contributed by atoms with Crippen molar-refractivity contribution in [1.29, 1.82) is 0 Å². The van der Waals surface area contributed by atoms with Gasteiger partial charge in [0, 0.05) is 12.0 Å². The fourth-order valence-corrected chi connectivity index (χ4v) is 3.02. The number of ether oxygens (including phenoxy) is 3. The van der Waals surface area contributed by atoms with E-state index in [1.54, 1.807) is 7.11 Å². The maximum absolute atomic E-state index is 6.20. The number of hydrogen-bond acceptors (Lipinski definition) is 5. The molecule has 0 aromatic heterocycles. The molecule has 0 aliphatic heterocycles. The van der Waals surface area contributed by atoms with E-state index < -0.39 is 0 Å². The topological polar surface area (TPSA) is 49.3 Å². The summed E-state index contributed by atoms with van der Waals surface area (Å²) in [4.78, 5) is 4.84. The molecule has 30 heavy (non-hydrogen) atoms. The lowest BCUT2D eigenvalue weighted by Crippen LogP contribution is -2.17. The predicted octanol–water partition coefficient (Wildman–Crippen LogP) is 5.87. The van der Waals surface area contributed by atoms with E-state index in [0.717, 1.165) is 46.1 Å². The van der Waals surface area contributed by atoms with Crippen LogP contribution in [0.25, 0.3) is 0 Å². The molecule has 162 valence electrons. The first-order valence-corrected chi connectivity index (χ1v) is 10.3. The van der Waals surface area contributed by atoms with Gasteiger partial charge in [0.1, 0.15) is 31.0 Å². The second-order valence-corrected chi connectivity index (χ2v) is 7.22. The van der Waals surface area contributed by atoms with Crippen LogP contribution in [0, 0.1) is 13.8 Å². The fraction of sp³-hybridized carbons (Fsp3) is 0.400. The van der Waals surface area contributed by atoms with Crippen molar-refractivity contribution in [2.45, 2.75) is 47.1 Å². The molecule has 5 heteroatoms. The summed E-state index contributed by atoms with van der Waals surface area (Å²) in [7, 11) is 1.54. The quantitative estimate of drug-likeness (QED) is 0.264. The van der Waals surface area contributed by atoms with E-state index in [0.29, 0.717) is 13.2 Å². The Hall–Kier alpha value is -2.95. The molecule has 0 bridgehead atoms. The Morgan fingerprint density at radius 1 is 1.07 bits per heavy atom. The van der Waals surface area contributed by atoms with Crippen LogP contribution in [-0.4, -0.2) is 32.1 Å². The molecule has 2 aromatic rings. The minimum Gasteiger partial charge on any atom is -0.493 e. The monoisotopic (exact) mass is 411 g/mol. The van der Waals surface area contributed by atoms with E-state index in [4.69, 9.17) is 19.0 Å². The van der Waals surface area contributed by atoms with Crippen LogP contribution >= 0.6 is 0 Å². The predicted molar refractivity (Wildman–Crippen MR) is 122 cm³/mol. The van der Waals surface area contributed by atoms with Gasteiger partial charge in [0.15, 0.2) is 0 Å². The maximum Gasteiger partial charge on any atom is 0.125 e. The zero-order valence-corrected chi connectivity index (χ0v) is 18.9. The molecule has 0 aliphatic rings. The molecule has 0 heterocycles. The molecule has 0 amide bonds. The molecular formula is C25H33NO4. The standard InChI is InChI=1S/C25H33NO4/c1-7-8-13-28-24-15-18(2)25(19(3)16-24)30-20(4)12-14-29-23-11-9-10-22(17-23)21(5)26-27-6/h7-11,15-17,20H,12-14H2,1-6H3/b8-7+,26-21+. The second-order valence-electron chi connectivity index (χ2n) is 7.22. The molecule has 5 nitrogen and oxygen atoms in total. The number of allylic oxidation sites excluding steroid dienone is 1. The lowest BCUT2D eigenvalue weighted by molar-refractivity contribution is 0.175. The minimum atomic E-state index is 0.0252. The van der Waals surface area contributed by atoms with Gasteiger partial charge < -0.3 is 19.0 Å². The van der Waals surface area contributed by atoms with Gasteiger partial charge in [-0.1, -0.05) is 29.4 Å². The van der Waals surface area contributed by atoms with Crippen molar-refractivity contribution in [3.63, 3.8) is 0 Å². The number of oxime groups is 1. The van der Waals surface area contributed by atoms with E-state index in [-0.39, 0.29) is 6.10 Å². The molecule has 0 N–H and O–H groups in total. The molecular weight excluding hydrogens is 378 g/mol. The van der Waals surface area contributed by atoms with E-state index in [9.17, 15) is 0 Å². The van der Waals surface area contributed by atoms with Crippen molar-refractivity contribution in [1.82, 2.24) is 0 Å². The summed E-state index contributed by atoms with van der Waals surface area (Å²) >= 11 is 0. The van der Waals surface area contributed by atoms with Crippen molar-refractivity contribution >= 4 is 5.71 Å². The van der Waals surface area contributed by atoms with E-state index in [2.05, 4.69) is 12.1 Å². The van der Waals surface area contributed by atoms with Crippen LogP contribution in [0.4, 0.5) is 0 Å². The van der Waals surface area contributed by atoms with Gasteiger partial charge in [-0.3, -0.25) is 0 Å². The zero-order chi connectivity index (χ0) is 21.9. The first-order valence-electron chi connectivity index (χ1n) is 10.3. The maximum atomic E-state index is 6.20. The molecule has 1 atom stereocenters. The van der Waals surface area contributed by atoms with Gasteiger partial charge in [0.2, 0.25) is 0 Å². The third-order valence-electron chi connectivity index (χ3n) is 4.61. The Labute approximate surface area is 180 Å². The Morgan fingerprint density at radius 2 is 1.80 bits per heavy atom. The van der Waals surface area contributed by atoms with Crippen LogP contribution in [0.15, 0.2) is 53.7 Å². The second kappa shape index (κ2) is 11.9. The number of aryl methyl sites for hydroxylation is 2. The number of rotatable bonds is 11. The number of benzene rings is 2. The minimum absolute atomic E-state index is 0.0252. The van der Waals surface area contributed by atoms with Crippen molar-refractivity contribution in [3.05, 3.63) is 65.2 Å². The summed E-state index contributed by atoms with van der Waals surface area (Å²) in [6.07, 6.45) is 4.76. The first kappa shape index (κ1) is 23.3. The Kier molecular flexibility index (Phi) is 9.26. The fourth-order valence-electron chi connectivity index (χ4n) is 3.02. The zero-order valence-electron chi connectivity index (χ0n) is 18.9. The van der Waals surface area contributed by atoms with E-state index in [1.807, 2.05) is 76.2 Å². The van der Waals surface area contributed by atoms with Crippen molar-refractivity contribution < 1.29 is 19.0 Å². The number of nitrogens with zero attached hydrogens (tertiary/aromatic N) is 1. The lowest BCUT2D eigenvalue weighted by atomic mass is 10.1. The highest BCUT2D eigenvalue weighted by molar-refractivity contribution is 5.98. The van der Waals surface area contributed by atoms with Crippen LogP contribution < -0.4 is 14.2 Å². The van der Waals surface area contributed by atoms with Crippen LogP contribution in [0.2, 0.25) is 0 Å². The highest BCUT2D eigenvalue weighted by atomic mass is 16.6. The van der Waals surface area contributed by atoms with Crippen LogP contribution in [-0.2, 0) is 4.84 Å². The van der Waals surface area contributed by atoms with Gasteiger partial charge >= 0.3 is 0 Å². The first-order chi connectivity index (χ1) is 14.4. The van der Waals surface area contributed by atoms with Crippen LogP contribution in [0.1, 0.15) is 43.9 Å². The highest BCUT2D eigenvalue weighted by Crippen LogP contribution is 2.29. The normalized spacial score (nSPS) is 12.7. The van der Waals surface area contributed by atoms with Crippen molar-refractivity contribution in [2.75, 3.05) is 20.3 Å². The molecule has 1 unspecified atom stereocenters. The third kappa shape index (κ3) is 7.14. The summed E-state index contributed by atoms with van der Waals surface area (Å²) in [6, 6.07) is 11.9. The van der Waals surface area contributed by atoms with Gasteiger partial charge in [-0.15, -0.1) is 0 Å². The SMILES string of the molecule is C/C=C/COc1cc(C)c(OC(C)CCOc2cccc(/C(C)=N/OC)c2)c(C)c1. The van der Waals surface area contributed by atoms with E-state index >= 15 is 0 Å². The van der Waals surface area contributed by atoms with Gasteiger partial charge in [0.25, 0.3) is 0 Å². The lowest BCUT2D eigenvalue weighted by Gasteiger charge is -2.19. The summed E-state index contributed by atoms with van der Waals surface area (Å²) in [6.45, 7) is 11.2. The summed E-state index contributed by atoms with van der Waals surface area (Å²) in [5.74, 6) is 2.58. The molecule has 0 aliphatic carbocycles. The molecule has 0 saturated heterocycles. The average Bonchev–Trinajstić information content (AvgIpc) is 2.71. The van der Waals surface area contributed by atoms with E-state index in [1.165, 1.54) is 0 Å². The highest BCUT2D eigenvalue weighted by Gasteiger charge is 2.12. The molecule has 0 radical (unpaired) electrons. The Balaban J connectivity index is 1.90. The molecule has 0 fully saturated rings. The number of hydrogen-bond donors (Lipinski definition) is 0. The van der Waals surface area contributed by atoms with Gasteiger partial charge in [0.05, 0.1) is 18.4 Å². The molecule has 2 rings (SSSR count). The van der Waals surface area contributed by atoms with Gasteiger partial charge in [-0.2, -0.15) is 0 Å². The average molecular weight is 412 g/mol.